The van der Waals surface area contributed by atoms with Crippen LogP contribution in [-0.4, -0.2) is 52.7 Å². The van der Waals surface area contributed by atoms with E-state index in [4.69, 9.17) is 4.74 Å². The lowest BCUT2D eigenvalue weighted by Crippen LogP contribution is -2.49. The number of benzene rings is 1. The first-order chi connectivity index (χ1) is 13.4. The highest BCUT2D eigenvalue weighted by Gasteiger charge is 2.31. The predicted octanol–water partition coefficient (Wildman–Crippen LogP) is 3.00. The van der Waals surface area contributed by atoms with E-state index in [1.807, 2.05) is 30.3 Å². The van der Waals surface area contributed by atoms with Gasteiger partial charge in [0.2, 0.25) is 0 Å². The molecule has 1 fully saturated rings. The minimum atomic E-state index is -0.624. The first-order valence-electron chi connectivity index (χ1n) is 9.30. The monoisotopic (exact) mass is 388 g/mol. The van der Waals surface area contributed by atoms with E-state index in [-0.39, 0.29) is 30.3 Å². The van der Waals surface area contributed by atoms with Crippen LogP contribution >= 0.6 is 0 Å². The van der Waals surface area contributed by atoms with Gasteiger partial charge in [-0.1, -0.05) is 30.3 Å². The molecular formula is C20H25FN4O3. The van der Waals surface area contributed by atoms with Crippen molar-refractivity contribution in [3.8, 4) is 0 Å². The van der Waals surface area contributed by atoms with E-state index in [0.29, 0.717) is 13.1 Å². The highest BCUT2D eigenvalue weighted by Crippen LogP contribution is 2.26. The van der Waals surface area contributed by atoms with Crippen molar-refractivity contribution >= 4 is 17.7 Å². The summed E-state index contributed by atoms with van der Waals surface area (Å²) < 4.78 is 21.5. The van der Waals surface area contributed by atoms with E-state index in [0.717, 1.165) is 18.4 Å². The molecule has 2 aromatic rings. The number of Topliss-reactive ketones (excluding diaryl/α,β-unsaturated/α-hetero) is 1. The van der Waals surface area contributed by atoms with Crippen LogP contribution in [0.5, 0.6) is 0 Å². The molecule has 0 bridgehead atoms. The van der Waals surface area contributed by atoms with Crippen LogP contribution in [0.4, 0.5) is 15.0 Å². The third-order valence-corrected chi connectivity index (χ3v) is 5.04. The Morgan fingerprint density at radius 3 is 2.68 bits per heavy atom. The summed E-state index contributed by atoms with van der Waals surface area (Å²) in [6.07, 6.45) is 1.21. The Kier molecular flexibility index (Phi) is 5.96. The quantitative estimate of drug-likeness (QED) is 0.737. The number of carbonyl (C=O) groups excluding carboxylic acids is 2. The Hall–Kier alpha value is -2.90. The molecule has 0 unspecified atom stereocenters. The minimum absolute atomic E-state index is 0.0947. The number of nitrogens with zero attached hydrogens (tertiary/aromatic N) is 4. The van der Waals surface area contributed by atoms with Gasteiger partial charge in [-0.05, 0) is 18.4 Å². The molecule has 3 rings (SSSR count). The number of amides is 1. The van der Waals surface area contributed by atoms with Gasteiger partial charge < -0.3 is 14.5 Å². The highest BCUT2D eigenvalue weighted by molar-refractivity contribution is 5.93. The number of carbonyl (C=O) groups is 2. The molecule has 0 aliphatic carbocycles. The molecule has 28 heavy (non-hydrogen) atoms. The van der Waals surface area contributed by atoms with E-state index in [9.17, 15) is 14.0 Å². The van der Waals surface area contributed by atoms with Gasteiger partial charge in [0.15, 0.2) is 23.1 Å². The molecule has 150 valence electrons. The summed E-state index contributed by atoms with van der Waals surface area (Å²) in [5, 5.41) is 3.99. The number of likely N-dealkylation sites (N-methyl/N-ethyl adjacent to an activating group) is 1. The fourth-order valence-corrected chi connectivity index (χ4v) is 3.52. The highest BCUT2D eigenvalue weighted by atomic mass is 19.1. The number of rotatable bonds is 5. The SMILES string of the molecule is CC(=O)c1nn(C)c(N(C)[C@H]2CCCN(C(=O)OCc3ccccc3)C2)c1F. The normalized spacial score (nSPS) is 16.7. The lowest BCUT2D eigenvalue weighted by Gasteiger charge is -2.37. The lowest BCUT2D eigenvalue weighted by molar-refractivity contribution is 0.0858. The number of aromatic nitrogens is 2. The van der Waals surface area contributed by atoms with Crippen LogP contribution in [-0.2, 0) is 18.4 Å². The van der Waals surface area contributed by atoms with Gasteiger partial charge in [0.1, 0.15) is 6.61 Å². The molecular weight excluding hydrogens is 363 g/mol. The van der Waals surface area contributed by atoms with E-state index in [1.165, 1.54) is 11.6 Å². The molecule has 0 N–H and O–H groups in total. The Morgan fingerprint density at radius 2 is 2.04 bits per heavy atom. The summed E-state index contributed by atoms with van der Waals surface area (Å²) >= 11 is 0. The van der Waals surface area contributed by atoms with Crippen LogP contribution in [0.3, 0.4) is 0 Å². The van der Waals surface area contributed by atoms with E-state index < -0.39 is 11.6 Å². The molecule has 2 heterocycles. The van der Waals surface area contributed by atoms with Gasteiger partial charge in [-0.2, -0.15) is 5.10 Å². The third-order valence-electron chi connectivity index (χ3n) is 5.04. The summed E-state index contributed by atoms with van der Waals surface area (Å²) in [7, 11) is 3.36. The second kappa shape index (κ2) is 8.41. The topological polar surface area (TPSA) is 67.7 Å². The van der Waals surface area contributed by atoms with Gasteiger partial charge in [-0.25, -0.2) is 13.9 Å². The Labute approximate surface area is 163 Å². The van der Waals surface area contributed by atoms with Gasteiger partial charge in [-0.15, -0.1) is 0 Å². The molecule has 1 aliphatic rings. The third kappa shape index (κ3) is 4.16. The molecule has 8 heteroatoms. The summed E-state index contributed by atoms with van der Waals surface area (Å²) in [4.78, 5) is 27.4. The first-order valence-corrected chi connectivity index (χ1v) is 9.30. The number of hydrogen-bond acceptors (Lipinski definition) is 5. The molecule has 0 saturated carbocycles. The van der Waals surface area contributed by atoms with Crippen molar-refractivity contribution in [3.05, 3.63) is 47.4 Å². The average molecular weight is 388 g/mol. The molecule has 0 radical (unpaired) electrons. The van der Waals surface area contributed by atoms with Crippen LogP contribution in [0.15, 0.2) is 30.3 Å². The Bertz CT molecular complexity index is 853. The number of aryl methyl sites for hydroxylation is 1. The van der Waals surface area contributed by atoms with Gasteiger partial charge in [0, 0.05) is 40.2 Å². The lowest BCUT2D eigenvalue weighted by atomic mass is 10.0. The van der Waals surface area contributed by atoms with Crippen LogP contribution < -0.4 is 4.90 Å². The van der Waals surface area contributed by atoms with Crippen molar-refractivity contribution in [2.45, 2.75) is 32.4 Å². The molecule has 1 saturated heterocycles. The van der Waals surface area contributed by atoms with E-state index >= 15 is 0 Å². The maximum atomic E-state index is 14.7. The summed E-state index contributed by atoms with van der Waals surface area (Å²) in [6, 6.07) is 9.41. The molecule has 7 nitrogen and oxygen atoms in total. The van der Waals surface area contributed by atoms with Gasteiger partial charge in [-0.3, -0.25) is 4.79 Å². The van der Waals surface area contributed by atoms with Gasteiger partial charge in [0.05, 0.1) is 0 Å². The Balaban J connectivity index is 1.66. The van der Waals surface area contributed by atoms with Crippen molar-refractivity contribution in [2.75, 3.05) is 25.0 Å². The fourth-order valence-electron chi connectivity index (χ4n) is 3.52. The maximum Gasteiger partial charge on any atom is 0.410 e. The van der Waals surface area contributed by atoms with Crippen molar-refractivity contribution in [2.24, 2.45) is 7.05 Å². The zero-order chi connectivity index (χ0) is 20.3. The maximum absolute atomic E-state index is 14.7. The van der Waals surface area contributed by atoms with Crippen LogP contribution in [0.25, 0.3) is 0 Å². The standard InChI is InChI=1S/C20H25FN4O3/c1-14(26)18-17(21)19(24(3)22-18)23(2)16-10-7-11-25(12-16)20(27)28-13-15-8-5-4-6-9-15/h4-6,8-9,16H,7,10-13H2,1-3H3/t16-/m0/s1. The smallest absolute Gasteiger partial charge is 0.410 e. The molecule has 0 spiro atoms. The number of hydrogen-bond donors (Lipinski definition) is 0. The number of anilines is 1. The zero-order valence-electron chi connectivity index (χ0n) is 16.4. The van der Waals surface area contributed by atoms with Crippen LogP contribution in [0.1, 0.15) is 35.8 Å². The minimum Gasteiger partial charge on any atom is -0.445 e. The van der Waals surface area contributed by atoms with Crippen molar-refractivity contribution < 1.29 is 18.7 Å². The number of ketones is 1. The zero-order valence-corrected chi connectivity index (χ0v) is 16.4. The predicted molar refractivity (Wildman–Crippen MR) is 103 cm³/mol. The molecule has 1 aliphatic heterocycles. The molecule has 1 amide bonds. The van der Waals surface area contributed by atoms with E-state index in [1.54, 1.807) is 23.9 Å². The van der Waals surface area contributed by atoms with E-state index in [2.05, 4.69) is 5.10 Å². The largest absolute Gasteiger partial charge is 0.445 e. The number of ether oxygens (including phenoxy) is 1. The molecule has 1 aromatic heterocycles. The Morgan fingerprint density at radius 1 is 1.32 bits per heavy atom. The summed E-state index contributed by atoms with van der Waals surface area (Å²) in [5.41, 5.74) is 0.759. The van der Waals surface area contributed by atoms with Gasteiger partial charge in [0.25, 0.3) is 0 Å². The first kappa shape index (κ1) is 19.9. The number of halogens is 1. The molecule has 1 aromatic carbocycles. The van der Waals surface area contributed by atoms with Crippen molar-refractivity contribution in [1.82, 2.24) is 14.7 Å². The van der Waals surface area contributed by atoms with Crippen LogP contribution in [0, 0.1) is 5.82 Å². The van der Waals surface area contributed by atoms with Crippen molar-refractivity contribution in [3.63, 3.8) is 0 Å². The molecule has 1 atom stereocenters. The second-order valence-corrected chi connectivity index (χ2v) is 7.06. The number of piperidine rings is 1. The summed E-state index contributed by atoms with van der Waals surface area (Å²) in [5.74, 6) is -0.793. The second-order valence-electron chi connectivity index (χ2n) is 7.06. The fraction of sp³-hybridized carbons (Fsp3) is 0.450. The number of likely N-dealkylation sites (tertiary alicyclic amines) is 1. The van der Waals surface area contributed by atoms with Crippen molar-refractivity contribution in [1.29, 1.82) is 0 Å². The summed E-state index contributed by atoms with van der Waals surface area (Å²) in [6.45, 7) is 2.53. The van der Waals surface area contributed by atoms with Gasteiger partial charge >= 0.3 is 6.09 Å². The average Bonchev–Trinajstić information content (AvgIpc) is 3.01. The van der Waals surface area contributed by atoms with Crippen LogP contribution in [0.2, 0.25) is 0 Å².